The molecule has 2 N–H and O–H groups in total. The van der Waals surface area contributed by atoms with Gasteiger partial charge in [0.25, 0.3) is 10.0 Å². The predicted molar refractivity (Wildman–Crippen MR) is 157 cm³/mol. The van der Waals surface area contributed by atoms with Gasteiger partial charge in [-0.25, -0.2) is 22.4 Å². The SMILES string of the molecule is N#CCC1CCC(n2c(CO/C=C(\N)c3ccccc3)nc3cnc4c(ccn4S(=O)(=O)c4ccccc4)c32)CC1. The third kappa shape index (κ3) is 5.05. The van der Waals surface area contributed by atoms with E-state index in [9.17, 15) is 13.7 Å². The van der Waals surface area contributed by atoms with Crippen LogP contribution in [0.15, 0.2) is 90.3 Å². The van der Waals surface area contributed by atoms with Crippen LogP contribution in [0.1, 0.15) is 49.5 Å². The monoisotopic (exact) mass is 566 g/mol. The van der Waals surface area contributed by atoms with Crippen LogP contribution in [0.5, 0.6) is 0 Å². The summed E-state index contributed by atoms with van der Waals surface area (Å²) in [6.45, 7) is 0.185. The summed E-state index contributed by atoms with van der Waals surface area (Å²) in [5, 5.41) is 9.90. The van der Waals surface area contributed by atoms with Crippen molar-refractivity contribution in [2.24, 2.45) is 11.7 Å². The fourth-order valence-corrected chi connectivity index (χ4v) is 7.05. The van der Waals surface area contributed by atoms with E-state index in [4.69, 9.17) is 15.5 Å². The Hall–Kier alpha value is -4.62. The molecule has 2 aromatic carbocycles. The Labute approximate surface area is 238 Å². The van der Waals surface area contributed by atoms with Crippen molar-refractivity contribution in [1.29, 1.82) is 5.26 Å². The van der Waals surface area contributed by atoms with Crippen molar-refractivity contribution in [3.63, 3.8) is 0 Å². The van der Waals surface area contributed by atoms with Crippen LogP contribution in [0.2, 0.25) is 0 Å². The average molecular weight is 567 g/mol. The van der Waals surface area contributed by atoms with Crippen LogP contribution in [0.3, 0.4) is 0 Å². The predicted octanol–water partition coefficient (Wildman–Crippen LogP) is 5.74. The molecule has 208 valence electrons. The second-order valence-corrected chi connectivity index (χ2v) is 12.2. The molecule has 1 aliphatic carbocycles. The minimum atomic E-state index is -3.84. The summed E-state index contributed by atoms with van der Waals surface area (Å²) >= 11 is 0. The molecule has 0 atom stereocenters. The van der Waals surface area contributed by atoms with E-state index in [0.717, 1.165) is 36.8 Å². The normalized spacial score (nSPS) is 18.0. The summed E-state index contributed by atoms with van der Waals surface area (Å²) in [6, 6.07) is 22.2. The maximum absolute atomic E-state index is 13.5. The Bertz CT molecular complexity index is 1860. The molecular formula is C31H30N6O3S. The van der Waals surface area contributed by atoms with Gasteiger partial charge < -0.3 is 15.0 Å². The summed E-state index contributed by atoms with van der Waals surface area (Å²) in [6.07, 6.45) is 8.95. The van der Waals surface area contributed by atoms with Crippen molar-refractivity contribution in [2.75, 3.05) is 0 Å². The number of hydrogen-bond donors (Lipinski definition) is 1. The van der Waals surface area contributed by atoms with Gasteiger partial charge in [0.1, 0.15) is 24.2 Å². The van der Waals surface area contributed by atoms with E-state index in [2.05, 4.69) is 15.6 Å². The molecule has 0 saturated heterocycles. The van der Waals surface area contributed by atoms with E-state index in [-0.39, 0.29) is 17.5 Å². The molecule has 0 amide bonds. The molecule has 10 heteroatoms. The van der Waals surface area contributed by atoms with E-state index in [1.54, 1.807) is 55.1 Å². The minimum Gasteiger partial charge on any atom is -0.491 e. The molecule has 3 aromatic heterocycles. The number of ether oxygens (including phenoxy) is 1. The molecule has 0 radical (unpaired) electrons. The fraction of sp³-hybridized carbons (Fsp3) is 0.258. The highest BCUT2D eigenvalue weighted by molar-refractivity contribution is 7.90. The van der Waals surface area contributed by atoms with Gasteiger partial charge in [0.05, 0.1) is 28.4 Å². The molecule has 0 unspecified atom stereocenters. The zero-order valence-corrected chi connectivity index (χ0v) is 23.2. The van der Waals surface area contributed by atoms with Crippen LogP contribution in [0.4, 0.5) is 0 Å². The molecule has 0 bridgehead atoms. The van der Waals surface area contributed by atoms with Crippen molar-refractivity contribution < 1.29 is 13.2 Å². The molecule has 1 aliphatic rings. The van der Waals surface area contributed by atoms with Crippen LogP contribution >= 0.6 is 0 Å². The lowest BCUT2D eigenvalue weighted by molar-refractivity contribution is 0.212. The third-order valence-corrected chi connectivity index (χ3v) is 9.47. The third-order valence-electron chi connectivity index (χ3n) is 7.79. The largest absolute Gasteiger partial charge is 0.491 e. The number of rotatable bonds is 8. The standard InChI is InChI=1S/C31H30N6O3S/c32-17-15-22-11-13-24(14-12-22)37-29(21-40-20-27(33)23-7-3-1-4-8-23)35-28-19-34-31-26(30(28)37)16-18-36(31)41(38,39)25-9-5-2-6-10-25/h1-10,16,18-20,22,24H,11-15,21,33H2/b27-20-. The summed E-state index contributed by atoms with van der Waals surface area (Å²) in [7, 11) is -3.84. The van der Waals surface area contributed by atoms with Gasteiger partial charge in [-0.1, -0.05) is 48.5 Å². The number of fused-ring (bicyclic) bond motifs is 3. The van der Waals surface area contributed by atoms with Crippen LogP contribution in [-0.2, 0) is 21.4 Å². The van der Waals surface area contributed by atoms with Gasteiger partial charge in [-0.15, -0.1) is 0 Å². The van der Waals surface area contributed by atoms with Gasteiger partial charge in [-0.3, -0.25) is 0 Å². The quantitative estimate of drug-likeness (QED) is 0.237. The highest BCUT2D eigenvalue weighted by atomic mass is 32.2. The van der Waals surface area contributed by atoms with Gasteiger partial charge in [-0.05, 0) is 49.8 Å². The molecule has 41 heavy (non-hydrogen) atoms. The number of aromatic nitrogens is 4. The van der Waals surface area contributed by atoms with Gasteiger partial charge >= 0.3 is 0 Å². The topological polar surface area (TPSA) is 129 Å². The molecule has 5 aromatic rings. The molecule has 0 aliphatic heterocycles. The first-order chi connectivity index (χ1) is 20.0. The van der Waals surface area contributed by atoms with Crippen molar-refractivity contribution in [3.05, 3.63) is 96.8 Å². The number of pyridine rings is 1. The van der Waals surface area contributed by atoms with Crippen LogP contribution in [0, 0.1) is 17.2 Å². The number of nitrogens with two attached hydrogens (primary N) is 1. The van der Waals surface area contributed by atoms with Crippen molar-refractivity contribution in [2.45, 2.75) is 49.6 Å². The molecule has 9 nitrogen and oxygen atoms in total. The fourth-order valence-electron chi connectivity index (χ4n) is 5.73. The van der Waals surface area contributed by atoms with Crippen LogP contribution < -0.4 is 5.73 Å². The molecular weight excluding hydrogens is 536 g/mol. The summed E-state index contributed by atoms with van der Waals surface area (Å²) in [5.41, 5.74) is 9.47. The minimum absolute atomic E-state index is 0.128. The number of nitrogens with zero attached hydrogens (tertiary/aromatic N) is 5. The second-order valence-electron chi connectivity index (χ2n) is 10.3. The Kier molecular flexibility index (Phi) is 7.20. The molecule has 3 heterocycles. The van der Waals surface area contributed by atoms with Gasteiger partial charge in [0.15, 0.2) is 5.65 Å². The molecule has 6 rings (SSSR count). The number of imidazole rings is 1. The maximum atomic E-state index is 13.5. The second kappa shape index (κ2) is 11.1. The Morgan fingerprint density at radius 2 is 1.76 bits per heavy atom. The lowest BCUT2D eigenvalue weighted by Gasteiger charge is -2.29. The maximum Gasteiger partial charge on any atom is 0.269 e. The van der Waals surface area contributed by atoms with Crippen molar-refractivity contribution in [1.82, 2.24) is 18.5 Å². The van der Waals surface area contributed by atoms with Gasteiger partial charge in [0.2, 0.25) is 0 Å². The van der Waals surface area contributed by atoms with E-state index >= 15 is 0 Å². The zero-order valence-electron chi connectivity index (χ0n) is 22.4. The number of hydrogen-bond acceptors (Lipinski definition) is 7. The highest BCUT2D eigenvalue weighted by Gasteiger charge is 2.28. The highest BCUT2D eigenvalue weighted by Crippen LogP contribution is 2.38. The van der Waals surface area contributed by atoms with E-state index in [1.165, 1.54) is 3.97 Å². The first kappa shape index (κ1) is 26.6. The summed E-state index contributed by atoms with van der Waals surface area (Å²) < 4.78 is 36.4. The molecule has 1 saturated carbocycles. The van der Waals surface area contributed by atoms with E-state index in [0.29, 0.717) is 40.4 Å². The lowest BCUT2D eigenvalue weighted by Crippen LogP contribution is -2.20. The van der Waals surface area contributed by atoms with E-state index in [1.807, 2.05) is 30.3 Å². The summed E-state index contributed by atoms with van der Waals surface area (Å²) in [4.78, 5) is 9.63. The van der Waals surface area contributed by atoms with Crippen molar-refractivity contribution >= 4 is 37.8 Å². The zero-order chi connectivity index (χ0) is 28.4. The van der Waals surface area contributed by atoms with Gasteiger partial charge in [-0.2, -0.15) is 5.26 Å². The molecule has 1 fully saturated rings. The number of nitriles is 1. The first-order valence-electron chi connectivity index (χ1n) is 13.6. The number of benzene rings is 2. The van der Waals surface area contributed by atoms with E-state index < -0.39 is 10.0 Å². The average Bonchev–Trinajstić information content (AvgIpc) is 3.61. The Morgan fingerprint density at radius 1 is 1.05 bits per heavy atom. The Morgan fingerprint density at radius 3 is 2.46 bits per heavy atom. The first-order valence-corrected chi connectivity index (χ1v) is 15.1. The van der Waals surface area contributed by atoms with Crippen LogP contribution in [0.25, 0.3) is 27.8 Å². The smallest absolute Gasteiger partial charge is 0.269 e. The lowest BCUT2D eigenvalue weighted by atomic mass is 9.84. The molecule has 0 spiro atoms. The summed E-state index contributed by atoms with van der Waals surface area (Å²) in [5.74, 6) is 1.10. The van der Waals surface area contributed by atoms with Gasteiger partial charge in [0, 0.05) is 29.6 Å². The Balaban J connectivity index is 1.42. The van der Waals surface area contributed by atoms with Crippen LogP contribution in [-0.4, -0.2) is 26.9 Å². The van der Waals surface area contributed by atoms with Crippen molar-refractivity contribution in [3.8, 4) is 6.07 Å².